The maximum absolute atomic E-state index is 14.1. The normalized spacial score (nSPS) is 14.6. The summed E-state index contributed by atoms with van der Waals surface area (Å²) in [6.07, 6.45) is 1.46. The molecule has 0 saturated heterocycles. The molecule has 4 rings (SSSR count). The van der Waals surface area contributed by atoms with Crippen LogP contribution in [0.5, 0.6) is 11.5 Å². The Morgan fingerprint density at radius 2 is 1.86 bits per heavy atom. The van der Waals surface area contributed by atoms with Gasteiger partial charge in [0.25, 0.3) is 5.91 Å². The van der Waals surface area contributed by atoms with E-state index in [1.54, 1.807) is 56.3 Å². The third-order valence-corrected chi connectivity index (χ3v) is 7.76. The standard InChI is InChI=1S/C30H27FI2N4O5S/c1-3-40-29(39)26-17(2)35-30(43)36-27(26)21-9-5-7-11-24(21)41-16-25(38)37-34-14-19-12-20(32)13-23(33)28(19)42-15-18-8-4-6-10-22(18)31/h4-14,27H,3,15-16H2,1-2H3,(H,37,38)(H2,35,36,43)/t27-/m0/s1. The summed E-state index contributed by atoms with van der Waals surface area (Å²) < 4.78 is 32.9. The molecule has 1 atom stereocenters. The Kier molecular flexibility index (Phi) is 11.7. The van der Waals surface area contributed by atoms with Crippen molar-refractivity contribution in [3.63, 3.8) is 0 Å². The number of benzene rings is 3. The highest BCUT2D eigenvalue weighted by molar-refractivity contribution is 14.1. The molecule has 0 radical (unpaired) electrons. The summed E-state index contributed by atoms with van der Waals surface area (Å²) in [7, 11) is 0. The molecule has 3 aromatic rings. The van der Waals surface area contributed by atoms with E-state index in [0.717, 1.165) is 7.14 Å². The van der Waals surface area contributed by atoms with Crippen LogP contribution in [0.4, 0.5) is 4.39 Å². The van der Waals surface area contributed by atoms with Gasteiger partial charge in [-0.05, 0) is 95.5 Å². The number of para-hydroxylation sites is 1. The molecule has 1 aliphatic rings. The van der Waals surface area contributed by atoms with Crippen LogP contribution in [0, 0.1) is 13.0 Å². The van der Waals surface area contributed by atoms with Crippen molar-refractivity contribution in [3.05, 3.63) is 102 Å². The van der Waals surface area contributed by atoms with Crippen LogP contribution >= 0.6 is 57.4 Å². The first-order chi connectivity index (χ1) is 20.7. The number of rotatable bonds is 11. The number of hydrogen-bond acceptors (Lipinski definition) is 7. The van der Waals surface area contributed by atoms with Crippen molar-refractivity contribution >= 4 is 80.6 Å². The fourth-order valence-electron chi connectivity index (χ4n) is 4.20. The summed E-state index contributed by atoms with van der Waals surface area (Å²) in [5.74, 6) is -0.452. The number of nitrogens with one attached hydrogen (secondary N) is 3. The van der Waals surface area contributed by atoms with Gasteiger partial charge in [0.05, 0.1) is 28.0 Å². The van der Waals surface area contributed by atoms with Crippen LogP contribution in [-0.4, -0.2) is 36.4 Å². The Hall–Kier alpha value is -3.31. The van der Waals surface area contributed by atoms with Crippen molar-refractivity contribution in [2.75, 3.05) is 13.2 Å². The molecule has 0 fully saturated rings. The Labute approximate surface area is 280 Å². The van der Waals surface area contributed by atoms with E-state index in [1.165, 1.54) is 12.3 Å². The van der Waals surface area contributed by atoms with E-state index in [-0.39, 0.29) is 25.6 Å². The average molecular weight is 828 g/mol. The number of hydrazone groups is 1. The first-order valence-corrected chi connectivity index (χ1v) is 15.6. The number of allylic oxidation sites excluding steroid dienone is 1. The molecule has 0 aliphatic carbocycles. The summed E-state index contributed by atoms with van der Waals surface area (Å²) >= 11 is 9.63. The van der Waals surface area contributed by atoms with Gasteiger partial charge in [0.1, 0.15) is 23.9 Å². The molecular weight excluding hydrogens is 801 g/mol. The molecule has 13 heteroatoms. The van der Waals surface area contributed by atoms with Crippen molar-refractivity contribution in [1.29, 1.82) is 0 Å². The summed E-state index contributed by atoms with van der Waals surface area (Å²) in [6.45, 7) is 3.38. The topological polar surface area (TPSA) is 110 Å². The molecule has 1 amide bonds. The zero-order valence-electron chi connectivity index (χ0n) is 23.1. The first-order valence-electron chi connectivity index (χ1n) is 13.0. The monoisotopic (exact) mass is 828 g/mol. The van der Waals surface area contributed by atoms with Crippen LogP contribution in [0.1, 0.15) is 36.6 Å². The fourth-order valence-corrected chi connectivity index (χ4v) is 6.52. The predicted octanol–water partition coefficient (Wildman–Crippen LogP) is 5.50. The smallest absolute Gasteiger partial charge is 0.338 e. The van der Waals surface area contributed by atoms with Gasteiger partial charge in [-0.3, -0.25) is 4.79 Å². The molecule has 3 aromatic carbocycles. The van der Waals surface area contributed by atoms with Gasteiger partial charge in [0, 0.05) is 26.0 Å². The Morgan fingerprint density at radius 3 is 2.63 bits per heavy atom. The number of nitrogens with zero attached hydrogens (tertiary/aromatic N) is 1. The number of amides is 1. The second kappa shape index (κ2) is 15.4. The molecule has 3 N–H and O–H groups in total. The fraction of sp³-hybridized carbons (Fsp3) is 0.200. The van der Waals surface area contributed by atoms with E-state index in [4.69, 9.17) is 26.4 Å². The van der Waals surface area contributed by atoms with Crippen LogP contribution in [0.2, 0.25) is 0 Å². The number of halogens is 3. The average Bonchev–Trinajstić information content (AvgIpc) is 2.96. The molecule has 1 aliphatic heterocycles. The molecule has 0 bridgehead atoms. The van der Waals surface area contributed by atoms with E-state index in [1.807, 2.05) is 12.1 Å². The Balaban J connectivity index is 1.44. The molecule has 1 heterocycles. The highest BCUT2D eigenvalue weighted by Gasteiger charge is 2.32. The lowest BCUT2D eigenvalue weighted by atomic mass is 9.95. The van der Waals surface area contributed by atoms with E-state index in [2.05, 4.69) is 66.3 Å². The summed E-state index contributed by atoms with van der Waals surface area (Å²) in [4.78, 5) is 25.4. The van der Waals surface area contributed by atoms with E-state index in [9.17, 15) is 14.0 Å². The summed E-state index contributed by atoms with van der Waals surface area (Å²) in [5, 5.41) is 10.5. The van der Waals surface area contributed by atoms with Gasteiger partial charge in [-0.2, -0.15) is 5.10 Å². The van der Waals surface area contributed by atoms with Crippen molar-refractivity contribution in [2.24, 2.45) is 5.10 Å². The van der Waals surface area contributed by atoms with Crippen LogP contribution in [0.25, 0.3) is 0 Å². The number of esters is 1. The van der Waals surface area contributed by atoms with E-state index < -0.39 is 17.9 Å². The minimum absolute atomic E-state index is 0.0347. The molecule has 0 spiro atoms. The van der Waals surface area contributed by atoms with Crippen LogP contribution in [0.3, 0.4) is 0 Å². The zero-order chi connectivity index (χ0) is 30.9. The summed E-state index contributed by atoms with van der Waals surface area (Å²) in [5.41, 5.74) is 5.03. The Morgan fingerprint density at radius 1 is 1.12 bits per heavy atom. The van der Waals surface area contributed by atoms with E-state index >= 15 is 0 Å². The van der Waals surface area contributed by atoms with Crippen molar-refractivity contribution in [3.8, 4) is 11.5 Å². The minimum Gasteiger partial charge on any atom is -0.487 e. The molecule has 224 valence electrons. The lowest BCUT2D eigenvalue weighted by Gasteiger charge is -2.30. The highest BCUT2D eigenvalue weighted by atomic mass is 127. The van der Waals surface area contributed by atoms with Gasteiger partial charge < -0.3 is 24.8 Å². The van der Waals surface area contributed by atoms with Gasteiger partial charge in [-0.1, -0.05) is 36.4 Å². The third-order valence-electron chi connectivity index (χ3n) is 6.11. The molecule has 0 aromatic heterocycles. The maximum Gasteiger partial charge on any atom is 0.338 e. The van der Waals surface area contributed by atoms with Crippen LogP contribution < -0.4 is 25.5 Å². The SMILES string of the molecule is CCOC(=O)C1=C(C)NC(=S)N[C@H]1c1ccccc1OCC(=O)NN=Cc1cc(I)cc(I)c1OCc1ccccc1F. The quantitative estimate of drug-likeness (QED) is 0.0766. The molecular formula is C30H27FI2N4O5S. The van der Waals surface area contributed by atoms with Gasteiger partial charge in [-0.15, -0.1) is 0 Å². The first kappa shape index (κ1) is 32.6. The predicted molar refractivity (Wildman–Crippen MR) is 181 cm³/mol. The Bertz CT molecular complexity index is 1600. The number of hydrogen-bond donors (Lipinski definition) is 3. The second-order valence-corrected chi connectivity index (χ2v) is 11.9. The molecule has 9 nitrogen and oxygen atoms in total. The van der Waals surface area contributed by atoms with Crippen LogP contribution in [-0.2, 0) is 20.9 Å². The third kappa shape index (κ3) is 8.63. The zero-order valence-corrected chi connectivity index (χ0v) is 28.2. The van der Waals surface area contributed by atoms with Crippen molar-refractivity contribution in [1.82, 2.24) is 16.1 Å². The van der Waals surface area contributed by atoms with Crippen LogP contribution in [0.15, 0.2) is 77.0 Å². The van der Waals surface area contributed by atoms with E-state index in [0.29, 0.717) is 44.6 Å². The maximum atomic E-state index is 14.1. The number of carbonyl (C=O) groups is 2. The highest BCUT2D eigenvalue weighted by Crippen LogP contribution is 2.33. The van der Waals surface area contributed by atoms with Gasteiger partial charge >= 0.3 is 5.97 Å². The van der Waals surface area contributed by atoms with Gasteiger partial charge in [0.2, 0.25) is 0 Å². The lowest BCUT2D eigenvalue weighted by Crippen LogP contribution is -2.45. The minimum atomic E-state index is -0.643. The number of thiocarbonyl (C=S) groups is 1. The molecule has 43 heavy (non-hydrogen) atoms. The largest absolute Gasteiger partial charge is 0.487 e. The molecule has 0 unspecified atom stereocenters. The number of ether oxygens (including phenoxy) is 3. The van der Waals surface area contributed by atoms with Crippen molar-refractivity contribution < 1.29 is 28.2 Å². The molecule has 0 saturated carbocycles. The van der Waals surface area contributed by atoms with Gasteiger partial charge in [0.15, 0.2) is 11.7 Å². The lowest BCUT2D eigenvalue weighted by molar-refractivity contribution is -0.139. The second-order valence-electron chi connectivity index (χ2n) is 9.10. The summed E-state index contributed by atoms with van der Waals surface area (Å²) in [6, 6.07) is 16.6. The van der Waals surface area contributed by atoms with Crippen molar-refractivity contribution in [2.45, 2.75) is 26.5 Å². The number of carbonyl (C=O) groups excluding carboxylic acids is 2. The van der Waals surface area contributed by atoms with Gasteiger partial charge in [-0.25, -0.2) is 14.6 Å².